The molecule has 0 bridgehead atoms. The third-order valence-electron chi connectivity index (χ3n) is 6.98. The molecular formula is C30H64BrP. The Labute approximate surface area is 217 Å². The smallest absolute Gasteiger partial charge is 0.0326 e. The van der Waals surface area contributed by atoms with Crippen LogP contribution in [0.2, 0.25) is 0 Å². The zero-order valence-corrected chi connectivity index (χ0v) is 25.6. The quantitative estimate of drug-likeness (QED) is 0.0725. The highest BCUT2D eigenvalue weighted by Crippen LogP contribution is 2.39. The van der Waals surface area contributed by atoms with E-state index in [1.165, 1.54) is 154 Å². The molecule has 0 aromatic rings. The molecule has 0 radical (unpaired) electrons. The number of hydrogen-bond donors (Lipinski definition) is 0. The molecule has 0 aromatic carbocycles. The maximum absolute atomic E-state index is 2.35. The van der Waals surface area contributed by atoms with Gasteiger partial charge in [-0.2, -0.15) is 0 Å². The number of rotatable bonds is 27. The minimum atomic E-state index is 0. The second kappa shape index (κ2) is 31.9. The first-order valence-corrected chi connectivity index (χ1v) is 17.0. The van der Waals surface area contributed by atoms with Crippen LogP contribution in [0, 0.1) is 0 Å². The molecular weight excluding hydrogens is 471 g/mol. The molecule has 0 rings (SSSR count). The molecule has 0 heterocycles. The van der Waals surface area contributed by atoms with Crippen LogP contribution < -0.4 is 0 Å². The molecule has 196 valence electrons. The third kappa shape index (κ3) is 28.9. The SMILES string of the molecule is Br.CCCCCCCCCCCCCCCCCCCCCCP(CCCC)CCCC. The van der Waals surface area contributed by atoms with E-state index < -0.39 is 0 Å². The lowest BCUT2D eigenvalue weighted by atomic mass is 10.0. The highest BCUT2D eigenvalue weighted by Gasteiger charge is 2.06. The van der Waals surface area contributed by atoms with Crippen molar-refractivity contribution in [3.8, 4) is 0 Å². The van der Waals surface area contributed by atoms with Crippen molar-refractivity contribution in [1.82, 2.24) is 0 Å². The Balaban J connectivity index is 0. The number of unbranched alkanes of at least 4 members (excludes halogenated alkanes) is 21. The van der Waals surface area contributed by atoms with E-state index >= 15 is 0 Å². The van der Waals surface area contributed by atoms with Gasteiger partial charge < -0.3 is 0 Å². The molecule has 0 amide bonds. The van der Waals surface area contributed by atoms with Gasteiger partial charge in [-0.1, -0.05) is 156 Å². The van der Waals surface area contributed by atoms with E-state index in [1.807, 2.05) is 0 Å². The van der Waals surface area contributed by atoms with Crippen molar-refractivity contribution in [3.63, 3.8) is 0 Å². The molecule has 0 saturated heterocycles. The zero-order valence-electron chi connectivity index (χ0n) is 22.9. The molecule has 0 aromatic heterocycles. The van der Waals surface area contributed by atoms with Gasteiger partial charge in [-0.05, 0) is 37.7 Å². The molecule has 0 saturated carbocycles. The largest absolute Gasteiger partial charge is 0.114 e. The Morgan fingerprint density at radius 3 is 0.781 bits per heavy atom. The van der Waals surface area contributed by atoms with Gasteiger partial charge in [0.2, 0.25) is 0 Å². The summed E-state index contributed by atoms with van der Waals surface area (Å²) in [4.78, 5) is 0. The summed E-state index contributed by atoms with van der Waals surface area (Å²) in [5.74, 6) is 0. The molecule has 0 unspecified atom stereocenters. The van der Waals surface area contributed by atoms with Gasteiger partial charge >= 0.3 is 0 Å². The predicted molar refractivity (Wildman–Crippen MR) is 160 cm³/mol. The summed E-state index contributed by atoms with van der Waals surface area (Å²) in [6.45, 7) is 7.01. The number of halogens is 1. The summed E-state index contributed by atoms with van der Waals surface area (Å²) >= 11 is 0. The molecule has 0 aliphatic rings. The Bertz CT molecular complexity index is 299. The molecule has 0 fully saturated rings. The summed E-state index contributed by atoms with van der Waals surface area (Å²) in [6.07, 6.45) is 40.2. The van der Waals surface area contributed by atoms with Crippen LogP contribution in [-0.2, 0) is 0 Å². The second-order valence-electron chi connectivity index (χ2n) is 10.3. The highest BCUT2D eigenvalue weighted by molar-refractivity contribution is 8.93. The van der Waals surface area contributed by atoms with Crippen molar-refractivity contribution >= 4 is 24.9 Å². The van der Waals surface area contributed by atoms with E-state index in [0.29, 0.717) is 7.92 Å². The fourth-order valence-corrected chi connectivity index (χ4v) is 7.56. The fraction of sp³-hybridized carbons (Fsp3) is 1.00. The summed E-state index contributed by atoms with van der Waals surface area (Å²) < 4.78 is 0. The second-order valence-corrected chi connectivity index (χ2v) is 12.9. The monoisotopic (exact) mass is 534 g/mol. The van der Waals surface area contributed by atoms with Gasteiger partial charge in [-0.25, -0.2) is 0 Å². The van der Waals surface area contributed by atoms with Crippen LogP contribution in [0.1, 0.15) is 175 Å². The molecule has 0 spiro atoms. The Kier molecular flexibility index (Phi) is 35.0. The fourth-order valence-electron chi connectivity index (χ4n) is 4.69. The van der Waals surface area contributed by atoms with Gasteiger partial charge in [0.15, 0.2) is 0 Å². The van der Waals surface area contributed by atoms with E-state index in [-0.39, 0.29) is 17.0 Å². The molecule has 0 aliphatic heterocycles. The first-order valence-electron chi connectivity index (χ1n) is 15.1. The van der Waals surface area contributed by atoms with Crippen LogP contribution in [0.4, 0.5) is 0 Å². The maximum Gasteiger partial charge on any atom is -0.0326 e. The van der Waals surface area contributed by atoms with Crippen molar-refractivity contribution < 1.29 is 0 Å². The van der Waals surface area contributed by atoms with Crippen LogP contribution >= 0.6 is 24.9 Å². The van der Waals surface area contributed by atoms with E-state index in [1.54, 1.807) is 18.5 Å². The van der Waals surface area contributed by atoms with Gasteiger partial charge in [0, 0.05) is 0 Å². The lowest BCUT2D eigenvalue weighted by Gasteiger charge is -2.17. The summed E-state index contributed by atoms with van der Waals surface area (Å²) in [5, 5.41) is 0. The van der Waals surface area contributed by atoms with Crippen molar-refractivity contribution in [2.45, 2.75) is 175 Å². The van der Waals surface area contributed by atoms with Gasteiger partial charge in [-0.15, -0.1) is 24.9 Å². The van der Waals surface area contributed by atoms with Crippen LogP contribution in [0.3, 0.4) is 0 Å². The normalized spacial score (nSPS) is 11.2. The minimum absolute atomic E-state index is 0. The maximum atomic E-state index is 2.35. The predicted octanol–water partition coefficient (Wildman–Crippen LogP) is 12.5. The first-order chi connectivity index (χ1) is 15.3. The van der Waals surface area contributed by atoms with Gasteiger partial charge in [0.05, 0.1) is 0 Å². The Morgan fingerprint density at radius 1 is 0.281 bits per heavy atom. The lowest BCUT2D eigenvalue weighted by molar-refractivity contribution is 0.523. The standard InChI is InChI=1S/C30H63P.BrH/c1-4-7-10-11-12-13-14-15-16-17-18-19-20-21-22-23-24-25-26-27-30-31(28-8-5-2)29-9-6-3;/h4-30H2,1-3H3;1H. The number of hydrogen-bond acceptors (Lipinski definition) is 0. The first kappa shape index (κ1) is 35.1. The van der Waals surface area contributed by atoms with Crippen LogP contribution in [-0.4, -0.2) is 18.5 Å². The molecule has 0 atom stereocenters. The average molecular weight is 536 g/mol. The molecule has 0 N–H and O–H groups in total. The van der Waals surface area contributed by atoms with Crippen LogP contribution in [0.25, 0.3) is 0 Å². The topological polar surface area (TPSA) is 0 Å². The van der Waals surface area contributed by atoms with Crippen LogP contribution in [0.15, 0.2) is 0 Å². The average Bonchev–Trinajstić information content (AvgIpc) is 2.79. The third-order valence-corrected chi connectivity index (χ3v) is 9.83. The van der Waals surface area contributed by atoms with E-state index in [2.05, 4.69) is 20.8 Å². The highest BCUT2D eigenvalue weighted by atomic mass is 79.9. The van der Waals surface area contributed by atoms with Crippen molar-refractivity contribution in [3.05, 3.63) is 0 Å². The Hall–Kier alpha value is 0.910. The molecule has 0 aliphatic carbocycles. The molecule has 32 heavy (non-hydrogen) atoms. The summed E-state index contributed by atoms with van der Waals surface area (Å²) in [6, 6.07) is 0. The van der Waals surface area contributed by atoms with Crippen molar-refractivity contribution in [2.75, 3.05) is 18.5 Å². The van der Waals surface area contributed by atoms with E-state index in [0.717, 1.165) is 0 Å². The zero-order chi connectivity index (χ0) is 22.7. The summed E-state index contributed by atoms with van der Waals surface area (Å²) in [7, 11) is 0.382. The molecule has 2 heteroatoms. The van der Waals surface area contributed by atoms with Crippen LogP contribution in [0.5, 0.6) is 0 Å². The summed E-state index contributed by atoms with van der Waals surface area (Å²) in [5.41, 5.74) is 0. The molecule has 0 nitrogen and oxygen atoms in total. The van der Waals surface area contributed by atoms with E-state index in [9.17, 15) is 0 Å². The van der Waals surface area contributed by atoms with Crippen molar-refractivity contribution in [2.24, 2.45) is 0 Å². The van der Waals surface area contributed by atoms with Gasteiger partial charge in [-0.3, -0.25) is 0 Å². The van der Waals surface area contributed by atoms with Gasteiger partial charge in [0.1, 0.15) is 0 Å². The lowest BCUT2D eigenvalue weighted by Crippen LogP contribution is -1.96. The van der Waals surface area contributed by atoms with E-state index in [4.69, 9.17) is 0 Å². The Morgan fingerprint density at radius 2 is 0.500 bits per heavy atom. The minimum Gasteiger partial charge on any atom is -0.114 e. The van der Waals surface area contributed by atoms with Gasteiger partial charge in [0.25, 0.3) is 0 Å². The van der Waals surface area contributed by atoms with Crippen molar-refractivity contribution in [1.29, 1.82) is 0 Å².